The van der Waals surface area contributed by atoms with Gasteiger partial charge in [0.25, 0.3) is 0 Å². The molecule has 2 aliphatic rings. The van der Waals surface area contributed by atoms with Gasteiger partial charge in [-0.2, -0.15) is 0 Å². The number of aromatic nitrogens is 1. The van der Waals surface area contributed by atoms with Crippen LogP contribution in [0.1, 0.15) is 24.5 Å². The van der Waals surface area contributed by atoms with E-state index in [9.17, 15) is 0 Å². The summed E-state index contributed by atoms with van der Waals surface area (Å²) in [5.41, 5.74) is 15.8. The lowest BCUT2D eigenvalue weighted by Gasteiger charge is -2.35. The van der Waals surface area contributed by atoms with E-state index in [1.54, 1.807) is 0 Å². The van der Waals surface area contributed by atoms with Crippen molar-refractivity contribution in [2.24, 2.45) is 0 Å². The topological polar surface area (TPSA) is 8.17 Å². The van der Waals surface area contributed by atoms with Gasteiger partial charge in [0.1, 0.15) is 0 Å². The van der Waals surface area contributed by atoms with Gasteiger partial charge in [0.2, 0.25) is 0 Å². The zero-order valence-electron chi connectivity index (χ0n) is 39.1. The summed E-state index contributed by atoms with van der Waals surface area (Å²) in [5, 5.41) is 8.02. The Morgan fingerprint density at radius 1 is 0.371 bits per heavy atom. The Morgan fingerprint density at radius 2 is 0.886 bits per heavy atom. The molecule has 0 saturated carbocycles. The minimum Gasteiger partial charge on any atom is -0.313 e. The van der Waals surface area contributed by atoms with E-state index in [1.165, 1.54) is 104 Å². The van der Waals surface area contributed by atoms with E-state index < -0.39 is 8.07 Å². The molecular formula is C67H50N2Si. The number of hydrogen-bond donors (Lipinski definition) is 0. The molecule has 332 valence electrons. The first-order valence-electron chi connectivity index (χ1n) is 24.5. The van der Waals surface area contributed by atoms with Gasteiger partial charge in [-0.1, -0.05) is 212 Å². The Kier molecular flexibility index (Phi) is 10.1. The van der Waals surface area contributed by atoms with E-state index in [0.717, 1.165) is 6.42 Å². The summed E-state index contributed by atoms with van der Waals surface area (Å²) in [4.78, 5) is 2.56. The van der Waals surface area contributed by atoms with Crippen LogP contribution in [0.25, 0.3) is 55.3 Å². The lowest BCUT2D eigenvalue weighted by atomic mass is 9.72. The molecule has 13 rings (SSSR count). The standard InChI is InChI=1S/C67H50N2Si/c1-67-47-53(51-35-42-64-61(45-51)60-32-17-18-33-63(60)68(64)54-24-9-3-10-25-54)36-43-66(67)69(65-46-52(34-41-62(65)67)50-23-19-22-49(44-50)48-20-7-2-8-21-48)55-37-39-59(40-38-55)70(56-26-11-4-12-27-56,57-28-13-5-14-29-57)58-30-15-6-16-31-58/h2-46H,47H2,1H3. The summed E-state index contributed by atoms with van der Waals surface area (Å²) in [6, 6.07) is 96.9. The van der Waals surface area contributed by atoms with Gasteiger partial charge >= 0.3 is 0 Å². The molecule has 10 aromatic carbocycles. The van der Waals surface area contributed by atoms with Gasteiger partial charge in [0.15, 0.2) is 8.07 Å². The van der Waals surface area contributed by atoms with Crippen LogP contribution >= 0.6 is 0 Å². The van der Waals surface area contributed by atoms with Gasteiger partial charge in [-0.3, -0.25) is 0 Å². The fourth-order valence-electron chi connectivity index (χ4n) is 11.9. The van der Waals surface area contributed by atoms with Crippen molar-refractivity contribution in [1.82, 2.24) is 4.57 Å². The fourth-order valence-corrected chi connectivity index (χ4v) is 16.6. The van der Waals surface area contributed by atoms with Gasteiger partial charge in [-0.25, -0.2) is 0 Å². The number of rotatable bonds is 9. The Bertz CT molecular complexity index is 3690. The van der Waals surface area contributed by atoms with E-state index >= 15 is 0 Å². The van der Waals surface area contributed by atoms with Crippen molar-refractivity contribution in [3.05, 3.63) is 290 Å². The summed E-state index contributed by atoms with van der Waals surface area (Å²) in [6.45, 7) is 2.46. The molecule has 0 radical (unpaired) electrons. The average molecular weight is 911 g/mol. The molecule has 1 aliphatic heterocycles. The van der Waals surface area contributed by atoms with Gasteiger partial charge in [0.05, 0.1) is 16.7 Å². The summed E-state index contributed by atoms with van der Waals surface area (Å²) < 4.78 is 2.40. The predicted molar refractivity (Wildman–Crippen MR) is 298 cm³/mol. The van der Waals surface area contributed by atoms with Crippen LogP contribution in [0.4, 0.5) is 11.4 Å². The Hall–Kier alpha value is -8.50. The molecule has 0 spiro atoms. The molecule has 70 heavy (non-hydrogen) atoms. The first-order chi connectivity index (χ1) is 34.6. The van der Waals surface area contributed by atoms with E-state index in [-0.39, 0.29) is 5.41 Å². The van der Waals surface area contributed by atoms with Crippen molar-refractivity contribution in [1.29, 1.82) is 0 Å². The number of nitrogens with zero attached hydrogens (tertiary/aromatic N) is 2. The zero-order valence-corrected chi connectivity index (χ0v) is 40.1. The molecular weight excluding hydrogens is 861 g/mol. The van der Waals surface area contributed by atoms with Crippen LogP contribution in [0.15, 0.2) is 279 Å². The van der Waals surface area contributed by atoms with Crippen LogP contribution in [0.3, 0.4) is 0 Å². The number of fused-ring (bicyclic) bond motifs is 6. The SMILES string of the molecule is CC12CC(c3ccc4c(c3)c3ccccc3n4-c3ccccc3)=CC=C1N(c1ccc([Si](c3ccccc3)(c3ccccc3)c3ccccc3)cc1)c1cc(-c3cccc(-c4ccccc4)c3)ccc12. The van der Waals surface area contributed by atoms with E-state index in [2.05, 4.69) is 289 Å². The molecule has 3 heteroatoms. The molecule has 2 heterocycles. The third-order valence-electron chi connectivity index (χ3n) is 15.2. The number of anilines is 2. The van der Waals surface area contributed by atoms with Crippen molar-refractivity contribution < 1.29 is 0 Å². The largest absolute Gasteiger partial charge is 0.313 e. The monoisotopic (exact) mass is 910 g/mol. The molecule has 1 unspecified atom stereocenters. The lowest BCUT2D eigenvalue weighted by Crippen LogP contribution is -2.74. The maximum Gasteiger partial charge on any atom is 0.179 e. The smallest absolute Gasteiger partial charge is 0.179 e. The van der Waals surface area contributed by atoms with Crippen LogP contribution in [-0.4, -0.2) is 12.6 Å². The van der Waals surface area contributed by atoms with Crippen LogP contribution in [0.2, 0.25) is 0 Å². The molecule has 2 nitrogen and oxygen atoms in total. The van der Waals surface area contributed by atoms with E-state index in [1.807, 2.05) is 0 Å². The van der Waals surface area contributed by atoms with Crippen LogP contribution in [0, 0.1) is 0 Å². The number of hydrogen-bond acceptors (Lipinski definition) is 1. The highest BCUT2D eigenvalue weighted by atomic mass is 28.3. The molecule has 1 aliphatic carbocycles. The van der Waals surface area contributed by atoms with Gasteiger partial charge in [0, 0.05) is 33.3 Å². The molecule has 0 fully saturated rings. The maximum atomic E-state index is 2.56. The third kappa shape index (κ3) is 6.69. The molecule has 0 saturated heterocycles. The second kappa shape index (κ2) is 16.9. The van der Waals surface area contributed by atoms with Crippen molar-refractivity contribution in [2.75, 3.05) is 4.90 Å². The maximum absolute atomic E-state index is 2.72. The molecule has 11 aromatic rings. The Labute approximate surface area is 411 Å². The van der Waals surface area contributed by atoms with Crippen molar-refractivity contribution in [3.8, 4) is 27.9 Å². The van der Waals surface area contributed by atoms with E-state index in [0.29, 0.717) is 0 Å². The second-order valence-electron chi connectivity index (χ2n) is 19.1. The van der Waals surface area contributed by atoms with Gasteiger partial charge < -0.3 is 9.47 Å². The highest BCUT2D eigenvalue weighted by Crippen LogP contribution is 2.57. The minimum absolute atomic E-state index is 0.286. The zero-order chi connectivity index (χ0) is 46.7. The van der Waals surface area contributed by atoms with Crippen molar-refractivity contribution in [3.63, 3.8) is 0 Å². The second-order valence-corrected chi connectivity index (χ2v) is 22.9. The highest BCUT2D eigenvalue weighted by Gasteiger charge is 2.47. The molecule has 1 atom stereocenters. The summed E-state index contributed by atoms with van der Waals surface area (Å²) in [6.07, 6.45) is 5.68. The summed E-state index contributed by atoms with van der Waals surface area (Å²) in [5.74, 6) is 0. The van der Waals surface area contributed by atoms with E-state index in [4.69, 9.17) is 0 Å². The van der Waals surface area contributed by atoms with Crippen molar-refractivity contribution in [2.45, 2.75) is 18.8 Å². The van der Waals surface area contributed by atoms with Gasteiger partial charge in [-0.05, 0) is 134 Å². The Balaban J connectivity index is 0.966. The van der Waals surface area contributed by atoms with Crippen LogP contribution in [0.5, 0.6) is 0 Å². The normalized spacial score (nSPS) is 15.4. The lowest BCUT2D eigenvalue weighted by molar-refractivity contribution is 0.586. The number of allylic oxidation sites excluding steroid dienone is 4. The first kappa shape index (κ1) is 41.7. The predicted octanol–water partition coefficient (Wildman–Crippen LogP) is 14.3. The molecule has 0 N–H and O–H groups in total. The van der Waals surface area contributed by atoms with Crippen molar-refractivity contribution >= 4 is 67.6 Å². The first-order valence-corrected chi connectivity index (χ1v) is 26.5. The van der Waals surface area contributed by atoms with Crippen LogP contribution < -0.4 is 25.6 Å². The fraction of sp³-hybridized carbons (Fsp3) is 0.0448. The number of para-hydroxylation sites is 2. The molecule has 1 aromatic heterocycles. The summed E-state index contributed by atoms with van der Waals surface area (Å²) in [7, 11) is -2.72. The quantitative estimate of drug-likeness (QED) is 0.103. The Morgan fingerprint density at radius 3 is 1.54 bits per heavy atom. The highest BCUT2D eigenvalue weighted by molar-refractivity contribution is 7.19. The minimum atomic E-state index is -2.72. The average Bonchev–Trinajstić information content (AvgIpc) is 3.91. The molecule has 0 amide bonds. The van der Waals surface area contributed by atoms with Crippen LogP contribution in [-0.2, 0) is 5.41 Å². The third-order valence-corrected chi connectivity index (χ3v) is 20.0. The van der Waals surface area contributed by atoms with Gasteiger partial charge in [-0.15, -0.1) is 0 Å². The molecule has 0 bridgehead atoms. The number of benzene rings is 10. The summed E-state index contributed by atoms with van der Waals surface area (Å²) >= 11 is 0.